The van der Waals surface area contributed by atoms with Crippen LogP contribution >= 0.6 is 0 Å². The molecule has 144 valence electrons. The Balaban J connectivity index is 1.63. The summed E-state index contributed by atoms with van der Waals surface area (Å²) < 4.78 is 1.86. The zero-order valence-electron chi connectivity index (χ0n) is 16.8. The first kappa shape index (κ1) is 18.1. The third-order valence-electron chi connectivity index (χ3n) is 6.13. The van der Waals surface area contributed by atoms with Gasteiger partial charge in [0, 0.05) is 31.2 Å². The van der Waals surface area contributed by atoms with Crippen molar-refractivity contribution in [1.82, 2.24) is 24.6 Å². The number of carbonyl (C=O) groups excluding carboxylic acids is 1. The van der Waals surface area contributed by atoms with E-state index in [0.717, 1.165) is 56.0 Å². The second kappa shape index (κ2) is 6.73. The molecule has 0 aromatic carbocycles. The second-order valence-electron chi connectivity index (χ2n) is 8.33. The van der Waals surface area contributed by atoms with Crippen LogP contribution in [0, 0.1) is 6.92 Å². The van der Waals surface area contributed by atoms with Crippen LogP contribution in [-0.2, 0) is 18.4 Å². The lowest BCUT2D eigenvalue weighted by Crippen LogP contribution is -2.48. The lowest BCUT2D eigenvalue weighted by Gasteiger charge is -2.40. The lowest BCUT2D eigenvalue weighted by atomic mass is 9.77. The van der Waals surface area contributed by atoms with Crippen LogP contribution in [0.15, 0.2) is 12.3 Å². The van der Waals surface area contributed by atoms with Crippen molar-refractivity contribution in [2.24, 2.45) is 0 Å². The van der Waals surface area contributed by atoms with Gasteiger partial charge in [-0.1, -0.05) is 13.8 Å². The van der Waals surface area contributed by atoms with Crippen LogP contribution in [0.1, 0.15) is 79.2 Å². The van der Waals surface area contributed by atoms with Crippen LogP contribution in [0.2, 0.25) is 0 Å². The smallest absolute Gasteiger partial charge is 0.272 e. The zero-order valence-corrected chi connectivity index (χ0v) is 16.8. The van der Waals surface area contributed by atoms with Gasteiger partial charge in [0.25, 0.3) is 5.91 Å². The van der Waals surface area contributed by atoms with E-state index in [1.165, 1.54) is 11.3 Å². The molecule has 0 N–H and O–H groups in total. The average molecular weight is 367 g/mol. The molecule has 1 spiro atoms. The first-order valence-corrected chi connectivity index (χ1v) is 10.1. The van der Waals surface area contributed by atoms with Crippen LogP contribution in [0.25, 0.3) is 0 Å². The SMILES string of the molecule is CCn1nc(C(C)C)cc1C(=O)N1CCCC2(CCc3cnc(C)nc32)C1. The normalized spacial score (nSPS) is 21.9. The van der Waals surface area contributed by atoms with Gasteiger partial charge in [0.2, 0.25) is 0 Å². The van der Waals surface area contributed by atoms with Gasteiger partial charge in [-0.3, -0.25) is 9.48 Å². The van der Waals surface area contributed by atoms with Crippen molar-refractivity contribution in [1.29, 1.82) is 0 Å². The third kappa shape index (κ3) is 3.05. The molecule has 1 fully saturated rings. The minimum Gasteiger partial charge on any atom is -0.336 e. The number of hydrogen-bond acceptors (Lipinski definition) is 4. The first-order chi connectivity index (χ1) is 12.9. The molecular weight excluding hydrogens is 338 g/mol. The van der Waals surface area contributed by atoms with E-state index in [-0.39, 0.29) is 11.3 Å². The maximum atomic E-state index is 13.4. The van der Waals surface area contributed by atoms with Crippen molar-refractivity contribution in [3.05, 3.63) is 40.7 Å². The van der Waals surface area contributed by atoms with Gasteiger partial charge in [-0.2, -0.15) is 5.10 Å². The molecule has 2 aromatic rings. The van der Waals surface area contributed by atoms with Gasteiger partial charge in [-0.25, -0.2) is 9.97 Å². The van der Waals surface area contributed by atoms with E-state index in [1.807, 2.05) is 35.7 Å². The third-order valence-corrected chi connectivity index (χ3v) is 6.13. The van der Waals surface area contributed by atoms with E-state index in [4.69, 9.17) is 4.98 Å². The number of fused-ring (bicyclic) bond motifs is 2. The molecule has 1 amide bonds. The number of carbonyl (C=O) groups is 1. The van der Waals surface area contributed by atoms with Crippen LogP contribution in [0.5, 0.6) is 0 Å². The number of hydrogen-bond donors (Lipinski definition) is 0. The summed E-state index contributed by atoms with van der Waals surface area (Å²) in [5.74, 6) is 1.25. The molecule has 27 heavy (non-hydrogen) atoms. The van der Waals surface area contributed by atoms with Gasteiger partial charge < -0.3 is 4.90 Å². The fraction of sp³-hybridized carbons (Fsp3) is 0.619. The Bertz CT molecular complexity index is 867. The molecule has 3 heterocycles. The molecular formula is C21H29N5O. The molecule has 0 bridgehead atoms. The van der Waals surface area contributed by atoms with Gasteiger partial charge in [0.05, 0.1) is 11.4 Å². The predicted octanol–water partition coefficient (Wildman–Crippen LogP) is 3.25. The minimum absolute atomic E-state index is 0.00507. The van der Waals surface area contributed by atoms with E-state index >= 15 is 0 Å². The predicted molar refractivity (Wildman–Crippen MR) is 104 cm³/mol. The summed E-state index contributed by atoms with van der Waals surface area (Å²) in [7, 11) is 0. The number of nitrogens with zero attached hydrogens (tertiary/aromatic N) is 5. The number of amides is 1. The topological polar surface area (TPSA) is 63.9 Å². The van der Waals surface area contributed by atoms with Crippen LogP contribution in [0.3, 0.4) is 0 Å². The van der Waals surface area contributed by atoms with E-state index in [1.54, 1.807) is 0 Å². The molecule has 6 nitrogen and oxygen atoms in total. The molecule has 6 heteroatoms. The highest BCUT2D eigenvalue weighted by Crippen LogP contribution is 2.44. The fourth-order valence-electron chi connectivity index (χ4n) is 4.63. The maximum absolute atomic E-state index is 13.4. The van der Waals surface area contributed by atoms with E-state index in [2.05, 4.69) is 23.9 Å². The molecule has 1 unspecified atom stereocenters. The molecule has 1 saturated heterocycles. The van der Waals surface area contributed by atoms with Crippen LogP contribution in [0.4, 0.5) is 0 Å². The molecule has 1 atom stereocenters. The zero-order chi connectivity index (χ0) is 19.2. The molecule has 1 aliphatic carbocycles. The molecule has 0 radical (unpaired) electrons. The number of rotatable bonds is 3. The molecule has 2 aromatic heterocycles. The molecule has 0 saturated carbocycles. The number of likely N-dealkylation sites (tertiary alicyclic amines) is 1. The summed E-state index contributed by atoms with van der Waals surface area (Å²) in [6.45, 7) is 10.5. The Kier molecular flexibility index (Phi) is 4.52. The summed E-state index contributed by atoms with van der Waals surface area (Å²) >= 11 is 0. The summed E-state index contributed by atoms with van der Waals surface area (Å²) in [6.07, 6.45) is 6.18. The first-order valence-electron chi connectivity index (χ1n) is 10.1. The van der Waals surface area contributed by atoms with Crippen molar-refractivity contribution < 1.29 is 4.79 Å². The van der Waals surface area contributed by atoms with Gasteiger partial charge in [0.15, 0.2) is 0 Å². The van der Waals surface area contributed by atoms with E-state index in [9.17, 15) is 4.79 Å². The minimum atomic E-state index is -0.00507. The van der Waals surface area contributed by atoms with Crippen molar-refractivity contribution in [2.45, 2.75) is 71.3 Å². The molecule has 2 aliphatic rings. The Morgan fingerprint density at radius 2 is 2.15 bits per heavy atom. The largest absolute Gasteiger partial charge is 0.336 e. The average Bonchev–Trinajstić information content (AvgIpc) is 3.24. The Morgan fingerprint density at radius 3 is 2.89 bits per heavy atom. The monoisotopic (exact) mass is 367 g/mol. The van der Waals surface area contributed by atoms with Gasteiger partial charge in [-0.05, 0) is 57.1 Å². The highest BCUT2D eigenvalue weighted by Gasteiger charge is 2.45. The van der Waals surface area contributed by atoms with Gasteiger partial charge in [-0.15, -0.1) is 0 Å². The second-order valence-corrected chi connectivity index (χ2v) is 8.33. The van der Waals surface area contributed by atoms with Crippen molar-refractivity contribution in [3.8, 4) is 0 Å². The number of aryl methyl sites for hydroxylation is 3. The van der Waals surface area contributed by atoms with E-state index in [0.29, 0.717) is 12.5 Å². The highest BCUT2D eigenvalue weighted by atomic mass is 16.2. The van der Waals surface area contributed by atoms with Crippen molar-refractivity contribution in [3.63, 3.8) is 0 Å². The fourth-order valence-corrected chi connectivity index (χ4v) is 4.63. The van der Waals surface area contributed by atoms with Crippen LogP contribution in [-0.4, -0.2) is 43.6 Å². The molecule has 4 rings (SSSR count). The van der Waals surface area contributed by atoms with Gasteiger partial charge in [0.1, 0.15) is 11.5 Å². The summed E-state index contributed by atoms with van der Waals surface area (Å²) in [6, 6.07) is 1.98. The molecule has 1 aliphatic heterocycles. The Labute approximate surface area is 161 Å². The maximum Gasteiger partial charge on any atom is 0.272 e. The quantitative estimate of drug-likeness (QED) is 0.835. The number of aromatic nitrogens is 4. The number of piperidine rings is 1. The van der Waals surface area contributed by atoms with Crippen LogP contribution < -0.4 is 0 Å². The summed E-state index contributed by atoms with van der Waals surface area (Å²) in [5.41, 5.74) is 4.14. The van der Waals surface area contributed by atoms with Gasteiger partial charge >= 0.3 is 0 Å². The highest BCUT2D eigenvalue weighted by molar-refractivity contribution is 5.93. The summed E-state index contributed by atoms with van der Waals surface area (Å²) in [5, 5.41) is 4.63. The van der Waals surface area contributed by atoms with E-state index < -0.39 is 0 Å². The summed E-state index contributed by atoms with van der Waals surface area (Å²) in [4.78, 5) is 24.6. The Hall–Kier alpha value is -2.24. The Morgan fingerprint density at radius 1 is 1.33 bits per heavy atom. The van der Waals surface area contributed by atoms with Crippen molar-refractivity contribution >= 4 is 5.91 Å². The van der Waals surface area contributed by atoms with Crippen molar-refractivity contribution in [2.75, 3.05) is 13.1 Å². The lowest BCUT2D eigenvalue weighted by molar-refractivity contribution is 0.0621. The standard InChI is InChI=1S/C21H29N5O/c1-5-26-18(11-17(24-26)14(2)3)20(27)25-10-6-8-21(13-25)9-7-16-12-22-15(4)23-19(16)21/h11-12,14H,5-10,13H2,1-4H3.